The molecule has 2 amide bonds. The molecule has 0 aromatic heterocycles. The molecule has 31 heavy (non-hydrogen) atoms. The average Bonchev–Trinajstić information content (AvgIpc) is 2.77. The summed E-state index contributed by atoms with van der Waals surface area (Å²) in [7, 11) is 0. The molecule has 0 bridgehead atoms. The first-order valence-corrected chi connectivity index (χ1v) is 10.8. The quantitative estimate of drug-likeness (QED) is 0.431. The summed E-state index contributed by atoms with van der Waals surface area (Å²) in [6, 6.07) is 3.49. The number of benzene rings is 1. The number of hydrogen-bond donors (Lipinski definition) is 3. The standard InChI is InChI=1S/C22H28BN3O5/c1-15(2-5-19(28)26-14-27)25-12-17-16(21(29)30)3-4-18-20(17)31-11-8-22(18)6-9-23(13-24)10-7-22/h3-4,14-15,25H,2,5-12H2,1H3,(H,29,30)(H,26,27,28). The molecule has 2 aliphatic heterocycles. The second-order valence-electron chi connectivity index (χ2n) is 8.56. The molecule has 3 rings (SSSR count). The van der Waals surface area contributed by atoms with Crippen molar-refractivity contribution in [1.82, 2.24) is 10.6 Å². The van der Waals surface area contributed by atoms with Crippen molar-refractivity contribution in [1.29, 1.82) is 5.26 Å². The maximum atomic E-state index is 11.9. The number of rotatable bonds is 8. The molecule has 2 aliphatic rings. The Labute approximate surface area is 182 Å². The van der Waals surface area contributed by atoms with Gasteiger partial charge < -0.3 is 15.2 Å². The third-order valence-corrected chi connectivity index (χ3v) is 6.67. The van der Waals surface area contributed by atoms with Crippen molar-refractivity contribution >= 4 is 25.0 Å². The number of amides is 2. The van der Waals surface area contributed by atoms with E-state index in [9.17, 15) is 24.8 Å². The number of carboxylic acid groups (broad SMARTS) is 1. The minimum atomic E-state index is -1.01. The summed E-state index contributed by atoms with van der Waals surface area (Å²) in [5.41, 5.74) is 1.82. The van der Waals surface area contributed by atoms with Crippen LogP contribution in [-0.4, -0.2) is 42.8 Å². The van der Waals surface area contributed by atoms with Gasteiger partial charge in [-0.15, -0.1) is 0 Å². The van der Waals surface area contributed by atoms with Crippen LogP contribution in [0.5, 0.6) is 5.75 Å². The molecule has 8 nitrogen and oxygen atoms in total. The molecule has 1 unspecified atom stereocenters. The lowest BCUT2D eigenvalue weighted by atomic mass is 9.38. The zero-order valence-electron chi connectivity index (χ0n) is 17.8. The second kappa shape index (κ2) is 9.97. The van der Waals surface area contributed by atoms with Gasteiger partial charge in [-0.1, -0.05) is 18.7 Å². The molecule has 1 spiro atoms. The summed E-state index contributed by atoms with van der Waals surface area (Å²) < 4.78 is 6.02. The summed E-state index contributed by atoms with van der Waals surface area (Å²) in [5.74, 6) is 1.68. The molecule has 0 radical (unpaired) electrons. The van der Waals surface area contributed by atoms with Crippen LogP contribution in [0.4, 0.5) is 0 Å². The minimum absolute atomic E-state index is 0.0569. The number of ether oxygens (including phenoxy) is 1. The molecule has 0 aliphatic carbocycles. The molecule has 1 fully saturated rings. The molecule has 2 heterocycles. The highest BCUT2D eigenvalue weighted by Crippen LogP contribution is 2.50. The molecule has 1 aromatic carbocycles. The Morgan fingerprint density at radius 3 is 2.74 bits per heavy atom. The summed E-state index contributed by atoms with van der Waals surface area (Å²) in [6.45, 7) is 2.84. The Kier molecular flexibility index (Phi) is 7.34. The van der Waals surface area contributed by atoms with Gasteiger partial charge in [0.05, 0.1) is 12.2 Å². The van der Waals surface area contributed by atoms with Gasteiger partial charge in [0, 0.05) is 41.5 Å². The van der Waals surface area contributed by atoms with E-state index in [0.717, 1.165) is 37.5 Å². The van der Waals surface area contributed by atoms with E-state index in [4.69, 9.17) is 4.74 Å². The van der Waals surface area contributed by atoms with Crippen molar-refractivity contribution in [3.63, 3.8) is 0 Å². The lowest BCUT2D eigenvalue weighted by molar-refractivity contribution is -0.125. The Balaban J connectivity index is 1.81. The van der Waals surface area contributed by atoms with Crippen molar-refractivity contribution in [2.75, 3.05) is 6.61 Å². The minimum Gasteiger partial charge on any atom is -0.493 e. The first kappa shape index (κ1) is 22.8. The number of fused-ring (bicyclic) bond motifs is 2. The normalized spacial score (nSPS) is 17.7. The lowest BCUT2D eigenvalue weighted by Crippen LogP contribution is -2.39. The van der Waals surface area contributed by atoms with E-state index in [2.05, 4.69) is 16.6 Å². The summed E-state index contributed by atoms with van der Waals surface area (Å²) in [6.07, 6.45) is 5.47. The molecule has 1 aromatic rings. The maximum absolute atomic E-state index is 11.9. The number of imide groups is 1. The molecule has 9 heteroatoms. The maximum Gasteiger partial charge on any atom is 0.336 e. The van der Waals surface area contributed by atoms with E-state index in [1.807, 2.05) is 13.0 Å². The Hall–Kier alpha value is -2.86. The highest BCUT2D eigenvalue weighted by molar-refractivity contribution is 6.67. The van der Waals surface area contributed by atoms with Gasteiger partial charge in [-0.05, 0) is 38.7 Å². The van der Waals surface area contributed by atoms with E-state index in [-0.39, 0.29) is 36.1 Å². The number of nitriles is 1. The first-order valence-electron chi connectivity index (χ1n) is 10.8. The molecule has 3 N–H and O–H groups in total. The van der Waals surface area contributed by atoms with Crippen LogP contribution in [-0.2, 0) is 21.5 Å². The molecular formula is C22H28BN3O5. The van der Waals surface area contributed by atoms with E-state index in [0.29, 0.717) is 37.3 Å². The van der Waals surface area contributed by atoms with Gasteiger partial charge in [-0.2, -0.15) is 0 Å². The van der Waals surface area contributed by atoms with Crippen molar-refractivity contribution < 1.29 is 24.2 Å². The van der Waals surface area contributed by atoms with E-state index < -0.39 is 5.97 Å². The van der Waals surface area contributed by atoms with E-state index >= 15 is 0 Å². The van der Waals surface area contributed by atoms with Crippen molar-refractivity contribution in [3.05, 3.63) is 28.8 Å². The number of hydrogen-bond acceptors (Lipinski definition) is 6. The van der Waals surface area contributed by atoms with Gasteiger partial charge >= 0.3 is 5.97 Å². The summed E-state index contributed by atoms with van der Waals surface area (Å²) in [4.78, 5) is 33.7. The van der Waals surface area contributed by atoms with Gasteiger partial charge in [0.1, 0.15) is 5.75 Å². The molecule has 1 atom stereocenters. The zero-order valence-corrected chi connectivity index (χ0v) is 17.8. The Morgan fingerprint density at radius 1 is 1.35 bits per heavy atom. The average molecular weight is 425 g/mol. The number of carbonyl (C=O) groups is 3. The van der Waals surface area contributed by atoms with E-state index in [1.54, 1.807) is 6.07 Å². The smallest absolute Gasteiger partial charge is 0.336 e. The SMILES string of the molecule is CC(CCC(=O)NC=O)NCc1c(C(=O)O)ccc2c1OCCC21CCB(C#N)CC1. The monoisotopic (exact) mass is 425 g/mol. The van der Waals surface area contributed by atoms with Crippen LogP contribution < -0.4 is 15.4 Å². The molecule has 1 saturated heterocycles. The fraction of sp³-hybridized carbons (Fsp3) is 0.545. The Bertz CT molecular complexity index is 890. The topological polar surface area (TPSA) is 129 Å². The summed E-state index contributed by atoms with van der Waals surface area (Å²) >= 11 is 0. The van der Waals surface area contributed by atoms with Gasteiger partial charge in [0.2, 0.25) is 12.3 Å². The third kappa shape index (κ3) is 5.08. The largest absolute Gasteiger partial charge is 0.493 e. The Morgan fingerprint density at radius 2 is 2.10 bits per heavy atom. The van der Waals surface area contributed by atoms with Gasteiger partial charge in [0.25, 0.3) is 6.71 Å². The number of carbonyl (C=O) groups excluding carboxylic acids is 2. The van der Waals surface area contributed by atoms with Crippen LogP contribution in [0.1, 0.15) is 60.5 Å². The lowest BCUT2D eigenvalue weighted by Gasteiger charge is -2.43. The van der Waals surface area contributed by atoms with Crippen LogP contribution in [0, 0.1) is 11.2 Å². The van der Waals surface area contributed by atoms with Crippen molar-refractivity contribution in [3.8, 4) is 11.7 Å². The van der Waals surface area contributed by atoms with Crippen LogP contribution >= 0.6 is 0 Å². The number of aromatic carboxylic acids is 1. The number of carboxylic acids is 1. The third-order valence-electron chi connectivity index (χ3n) is 6.67. The number of nitrogens with zero attached hydrogens (tertiary/aromatic N) is 1. The second-order valence-corrected chi connectivity index (χ2v) is 8.56. The van der Waals surface area contributed by atoms with Crippen molar-refractivity contribution in [2.45, 2.75) is 69.7 Å². The first-order chi connectivity index (χ1) is 14.9. The van der Waals surface area contributed by atoms with Crippen molar-refractivity contribution in [2.24, 2.45) is 0 Å². The van der Waals surface area contributed by atoms with Gasteiger partial charge in [-0.3, -0.25) is 14.9 Å². The van der Waals surface area contributed by atoms with Gasteiger partial charge in [0.15, 0.2) is 0 Å². The van der Waals surface area contributed by atoms with Gasteiger partial charge in [-0.25, -0.2) is 10.1 Å². The highest BCUT2D eigenvalue weighted by atomic mass is 16.5. The summed E-state index contributed by atoms with van der Waals surface area (Å²) in [5, 5.41) is 24.4. The van der Waals surface area contributed by atoms with Crippen LogP contribution in [0.15, 0.2) is 12.1 Å². The molecule has 0 saturated carbocycles. The predicted molar refractivity (Wildman–Crippen MR) is 115 cm³/mol. The predicted octanol–water partition coefficient (Wildman–Crippen LogP) is 2.29. The fourth-order valence-electron chi connectivity index (χ4n) is 4.75. The van der Waals surface area contributed by atoms with Crippen LogP contribution in [0.3, 0.4) is 0 Å². The number of nitrogens with one attached hydrogen (secondary N) is 2. The van der Waals surface area contributed by atoms with E-state index in [1.165, 1.54) is 0 Å². The molecular weight excluding hydrogens is 397 g/mol. The highest BCUT2D eigenvalue weighted by Gasteiger charge is 2.43. The zero-order chi connectivity index (χ0) is 22.4. The van der Waals surface area contributed by atoms with Crippen LogP contribution in [0.25, 0.3) is 0 Å². The van der Waals surface area contributed by atoms with Crippen LogP contribution in [0.2, 0.25) is 12.6 Å². The molecule has 164 valence electrons. The fourth-order valence-corrected chi connectivity index (χ4v) is 4.75.